The molecule has 96 valence electrons. The van der Waals surface area contributed by atoms with E-state index in [1.807, 2.05) is 0 Å². The standard InChI is InChI=1S/C12H17F2NO2/c1-15-7-11(17-10(15)16)4-8-2-3-12(13,14)6-9(8)5-11/h8-9H,2-7H2,1H3. The zero-order chi connectivity index (χ0) is 12.3. The van der Waals surface area contributed by atoms with Gasteiger partial charge in [-0.15, -0.1) is 0 Å². The number of halogens is 2. The van der Waals surface area contributed by atoms with Crippen LogP contribution in [0.25, 0.3) is 0 Å². The number of likely N-dealkylation sites (N-methyl/N-ethyl adjacent to an activating group) is 1. The molecule has 0 bridgehead atoms. The summed E-state index contributed by atoms with van der Waals surface area (Å²) >= 11 is 0. The molecular formula is C12H17F2NO2. The molecule has 3 aliphatic rings. The first-order valence-electron chi connectivity index (χ1n) is 6.21. The van der Waals surface area contributed by atoms with E-state index in [-0.39, 0.29) is 24.9 Å². The molecule has 0 N–H and O–H groups in total. The summed E-state index contributed by atoms with van der Waals surface area (Å²) < 4.78 is 32.1. The van der Waals surface area contributed by atoms with E-state index in [0.717, 1.165) is 6.42 Å². The van der Waals surface area contributed by atoms with Crippen LogP contribution in [0.4, 0.5) is 13.6 Å². The van der Waals surface area contributed by atoms with E-state index < -0.39 is 11.5 Å². The summed E-state index contributed by atoms with van der Waals surface area (Å²) in [7, 11) is 1.70. The number of amides is 1. The molecule has 1 aliphatic heterocycles. The minimum absolute atomic E-state index is 0.00592. The van der Waals surface area contributed by atoms with Gasteiger partial charge in [-0.05, 0) is 31.1 Å². The number of fused-ring (bicyclic) bond motifs is 1. The molecule has 1 saturated heterocycles. The number of carbonyl (C=O) groups is 1. The van der Waals surface area contributed by atoms with E-state index in [4.69, 9.17) is 4.74 Å². The maximum atomic E-state index is 13.4. The lowest BCUT2D eigenvalue weighted by molar-refractivity contribution is -0.0636. The SMILES string of the molecule is CN1CC2(CC3CCC(F)(F)CC3C2)OC1=O. The van der Waals surface area contributed by atoms with Crippen molar-refractivity contribution in [3.05, 3.63) is 0 Å². The van der Waals surface area contributed by atoms with Gasteiger partial charge in [0.2, 0.25) is 5.92 Å². The molecule has 1 spiro atoms. The summed E-state index contributed by atoms with van der Waals surface area (Å²) in [5.74, 6) is -2.17. The lowest BCUT2D eigenvalue weighted by atomic mass is 9.80. The fourth-order valence-corrected chi connectivity index (χ4v) is 3.84. The maximum Gasteiger partial charge on any atom is 0.410 e. The predicted molar refractivity (Wildman–Crippen MR) is 56.9 cm³/mol. The van der Waals surface area contributed by atoms with E-state index in [1.165, 1.54) is 0 Å². The summed E-state index contributed by atoms with van der Waals surface area (Å²) in [6.07, 6.45) is 1.61. The molecule has 1 heterocycles. The van der Waals surface area contributed by atoms with Crippen LogP contribution in [-0.2, 0) is 4.74 Å². The normalized spacial score (nSPS) is 43.9. The zero-order valence-electron chi connectivity index (χ0n) is 9.92. The third-order valence-corrected chi connectivity index (χ3v) is 4.52. The Kier molecular flexibility index (Phi) is 2.20. The van der Waals surface area contributed by atoms with Gasteiger partial charge in [-0.3, -0.25) is 0 Å². The maximum absolute atomic E-state index is 13.4. The van der Waals surface area contributed by atoms with E-state index in [9.17, 15) is 13.6 Å². The van der Waals surface area contributed by atoms with Crippen molar-refractivity contribution >= 4 is 6.09 Å². The molecule has 0 aromatic heterocycles. The molecule has 3 rings (SSSR count). The van der Waals surface area contributed by atoms with Gasteiger partial charge < -0.3 is 9.64 Å². The van der Waals surface area contributed by atoms with E-state index in [0.29, 0.717) is 25.3 Å². The lowest BCUT2D eigenvalue weighted by Crippen LogP contribution is -2.31. The second kappa shape index (κ2) is 3.33. The molecule has 1 amide bonds. The average Bonchev–Trinajstić information content (AvgIpc) is 2.65. The van der Waals surface area contributed by atoms with Crippen molar-refractivity contribution in [3.8, 4) is 0 Å². The molecule has 0 radical (unpaired) electrons. The topological polar surface area (TPSA) is 29.5 Å². The van der Waals surface area contributed by atoms with Gasteiger partial charge in [-0.25, -0.2) is 13.6 Å². The Morgan fingerprint density at radius 1 is 1.29 bits per heavy atom. The first kappa shape index (κ1) is 11.2. The van der Waals surface area contributed by atoms with Gasteiger partial charge >= 0.3 is 6.09 Å². The number of alkyl halides is 2. The first-order chi connectivity index (χ1) is 7.89. The van der Waals surface area contributed by atoms with Crippen LogP contribution in [0.3, 0.4) is 0 Å². The lowest BCUT2D eigenvalue weighted by Gasteiger charge is -2.30. The fourth-order valence-electron chi connectivity index (χ4n) is 3.84. The van der Waals surface area contributed by atoms with Gasteiger partial charge in [0.15, 0.2) is 0 Å². The second-order valence-corrected chi connectivity index (χ2v) is 5.93. The average molecular weight is 245 g/mol. The van der Waals surface area contributed by atoms with E-state index >= 15 is 0 Å². The van der Waals surface area contributed by atoms with Crippen molar-refractivity contribution in [2.24, 2.45) is 11.8 Å². The van der Waals surface area contributed by atoms with Gasteiger partial charge in [0, 0.05) is 19.9 Å². The van der Waals surface area contributed by atoms with Gasteiger partial charge in [-0.2, -0.15) is 0 Å². The van der Waals surface area contributed by atoms with Crippen molar-refractivity contribution in [1.82, 2.24) is 4.90 Å². The molecule has 3 atom stereocenters. The number of hydrogen-bond acceptors (Lipinski definition) is 2. The highest BCUT2D eigenvalue weighted by atomic mass is 19.3. The Morgan fingerprint density at radius 2 is 2.00 bits per heavy atom. The quantitative estimate of drug-likeness (QED) is 0.656. The molecule has 3 unspecified atom stereocenters. The van der Waals surface area contributed by atoms with Crippen LogP contribution in [-0.4, -0.2) is 36.1 Å². The van der Waals surface area contributed by atoms with Crippen molar-refractivity contribution < 1.29 is 18.3 Å². The molecule has 2 aliphatic carbocycles. The Balaban J connectivity index is 1.75. The molecule has 17 heavy (non-hydrogen) atoms. The van der Waals surface area contributed by atoms with Gasteiger partial charge in [-0.1, -0.05) is 0 Å². The fraction of sp³-hybridized carbons (Fsp3) is 0.917. The number of ether oxygens (including phenoxy) is 1. The van der Waals surface area contributed by atoms with Crippen LogP contribution in [0, 0.1) is 11.8 Å². The van der Waals surface area contributed by atoms with Gasteiger partial charge in [0.25, 0.3) is 0 Å². The molecular weight excluding hydrogens is 228 g/mol. The Labute approximate surface area is 99.1 Å². The van der Waals surface area contributed by atoms with Crippen molar-refractivity contribution in [1.29, 1.82) is 0 Å². The number of nitrogens with zero attached hydrogens (tertiary/aromatic N) is 1. The third-order valence-electron chi connectivity index (χ3n) is 4.52. The van der Waals surface area contributed by atoms with E-state index in [1.54, 1.807) is 11.9 Å². The summed E-state index contributed by atoms with van der Waals surface area (Å²) in [5, 5.41) is 0. The van der Waals surface area contributed by atoms with Crippen LogP contribution in [0.5, 0.6) is 0 Å². The summed E-state index contributed by atoms with van der Waals surface area (Å²) in [4.78, 5) is 13.0. The molecule has 0 aromatic carbocycles. The van der Waals surface area contributed by atoms with Crippen LogP contribution in [0.15, 0.2) is 0 Å². The van der Waals surface area contributed by atoms with Crippen molar-refractivity contribution in [2.45, 2.75) is 43.6 Å². The minimum atomic E-state index is -2.51. The summed E-state index contributed by atoms with van der Waals surface area (Å²) in [5.41, 5.74) is -0.471. The molecule has 0 aromatic rings. The highest BCUT2D eigenvalue weighted by Gasteiger charge is 2.56. The highest BCUT2D eigenvalue weighted by molar-refractivity contribution is 5.70. The van der Waals surface area contributed by atoms with Crippen LogP contribution >= 0.6 is 0 Å². The van der Waals surface area contributed by atoms with Crippen LogP contribution < -0.4 is 0 Å². The number of rotatable bonds is 0. The Morgan fingerprint density at radius 3 is 2.65 bits per heavy atom. The molecule has 3 fully saturated rings. The Bertz CT molecular complexity index is 360. The summed E-state index contributed by atoms with van der Waals surface area (Å²) in [6.45, 7) is 0.560. The number of hydrogen-bond donors (Lipinski definition) is 0. The van der Waals surface area contributed by atoms with E-state index in [2.05, 4.69) is 0 Å². The predicted octanol–water partition coefficient (Wildman–Crippen LogP) is 2.65. The zero-order valence-corrected chi connectivity index (χ0v) is 9.92. The third kappa shape index (κ3) is 1.79. The first-order valence-corrected chi connectivity index (χ1v) is 6.21. The highest BCUT2D eigenvalue weighted by Crippen LogP contribution is 2.53. The molecule has 2 saturated carbocycles. The molecule has 5 heteroatoms. The van der Waals surface area contributed by atoms with Gasteiger partial charge in [0.05, 0.1) is 6.54 Å². The van der Waals surface area contributed by atoms with Crippen molar-refractivity contribution in [2.75, 3.05) is 13.6 Å². The Hall–Kier alpha value is -0.870. The largest absolute Gasteiger partial charge is 0.441 e. The minimum Gasteiger partial charge on any atom is -0.441 e. The monoisotopic (exact) mass is 245 g/mol. The summed E-state index contributed by atoms with van der Waals surface area (Å²) in [6, 6.07) is 0. The number of carbonyl (C=O) groups excluding carboxylic acids is 1. The van der Waals surface area contributed by atoms with Crippen LogP contribution in [0.2, 0.25) is 0 Å². The smallest absolute Gasteiger partial charge is 0.410 e. The van der Waals surface area contributed by atoms with Crippen LogP contribution in [0.1, 0.15) is 32.1 Å². The van der Waals surface area contributed by atoms with Gasteiger partial charge in [0.1, 0.15) is 5.60 Å². The second-order valence-electron chi connectivity index (χ2n) is 5.93. The van der Waals surface area contributed by atoms with Crippen molar-refractivity contribution in [3.63, 3.8) is 0 Å². The molecule has 3 nitrogen and oxygen atoms in total.